The predicted octanol–water partition coefficient (Wildman–Crippen LogP) is -0.378. The number of ether oxygens (including phenoxy) is 3. The van der Waals surface area contributed by atoms with Gasteiger partial charge in [-0.15, -0.1) is 0 Å². The number of anilines is 2. The second-order valence-corrected chi connectivity index (χ2v) is 4.30. The number of aliphatic hydroxyl groups excluding tert-OH is 1. The molecule has 0 amide bonds. The summed E-state index contributed by atoms with van der Waals surface area (Å²) in [5.41, 5.74) is 12.0. The lowest BCUT2D eigenvalue weighted by Crippen LogP contribution is -2.26. The van der Waals surface area contributed by atoms with Gasteiger partial charge in [-0.1, -0.05) is 6.58 Å². The first-order valence-electron chi connectivity index (χ1n) is 6.45. The highest BCUT2D eigenvalue weighted by molar-refractivity contribution is 5.82. The molecule has 11 heteroatoms. The fourth-order valence-corrected chi connectivity index (χ4v) is 1.68. The van der Waals surface area contributed by atoms with Crippen molar-refractivity contribution in [3.05, 3.63) is 19.2 Å². The minimum absolute atomic E-state index is 0.00552. The summed E-state index contributed by atoms with van der Waals surface area (Å²) in [5, 5.41) is 9.23. The number of hydrogen-bond donors (Lipinski definition) is 3. The molecule has 2 aromatic rings. The van der Waals surface area contributed by atoms with Crippen molar-refractivity contribution < 1.29 is 24.1 Å². The molecule has 0 saturated carbocycles. The van der Waals surface area contributed by atoms with Crippen LogP contribution in [0.1, 0.15) is 0 Å². The standard InChI is InChI=1S/C12H16N6O5/c1-2-21-12(20)22-4-7(3-19)23-6-18-5-15-8-9(13)16-11(14)17-10(8)18/h2,5,7,19H,1,3-4,6H2,(H4,13,14,16,17). The Labute approximate surface area is 130 Å². The summed E-state index contributed by atoms with van der Waals surface area (Å²) in [6.45, 7) is 2.63. The molecule has 0 aliphatic rings. The Morgan fingerprint density at radius 2 is 2.26 bits per heavy atom. The van der Waals surface area contributed by atoms with Gasteiger partial charge in [-0.25, -0.2) is 9.78 Å². The zero-order chi connectivity index (χ0) is 16.8. The van der Waals surface area contributed by atoms with Crippen LogP contribution < -0.4 is 11.5 Å². The van der Waals surface area contributed by atoms with E-state index in [1.165, 1.54) is 10.9 Å². The first-order chi connectivity index (χ1) is 11.0. The van der Waals surface area contributed by atoms with Crippen LogP contribution >= 0.6 is 0 Å². The summed E-state index contributed by atoms with van der Waals surface area (Å²) in [6.07, 6.45) is 0.671. The van der Waals surface area contributed by atoms with Crippen molar-refractivity contribution in [2.75, 3.05) is 24.7 Å². The maximum absolute atomic E-state index is 11.0. The van der Waals surface area contributed by atoms with E-state index in [1.54, 1.807) is 0 Å². The van der Waals surface area contributed by atoms with Gasteiger partial charge in [-0.2, -0.15) is 9.97 Å². The Balaban J connectivity index is 1.99. The summed E-state index contributed by atoms with van der Waals surface area (Å²) in [6, 6.07) is 0. The molecule has 0 saturated heterocycles. The molecule has 2 rings (SSSR count). The van der Waals surface area contributed by atoms with Gasteiger partial charge in [0.15, 0.2) is 11.5 Å². The van der Waals surface area contributed by atoms with Gasteiger partial charge in [-0.05, 0) is 0 Å². The number of carbonyl (C=O) groups is 1. The zero-order valence-electron chi connectivity index (χ0n) is 12.1. The molecule has 1 atom stereocenters. The van der Waals surface area contributed by atoms with Gasteiger partial charge in [-0.3, -0.25) is 4.57 Å². The van der Waals surface area contributed by atoms with Crippen LogP contribution in [0.3, 0.4) is 0 Å². The molecule has 124 valence electrons. The van der Waals surface area contributed by atoms with Crippen LogP contribution in [0, 0.1) is 0 Å². The Morgan fingerprint density at radius 1 is 1.48 bits per heavy atom. The molecule has 23 heavy (non-hydrogen) atoms. The molecule has 11 nitrogen and oxygen atoms in total. The lowest BCUT2D eigenvalue weighted by Gasteiger charge is -2.15. The first-order valence-corrected chi connectivity index (χ1v) is 6.45. The van der Waals surface area contributed by atoms with E-state index in [0.29, 0.717) is 11.2 Å². The van der Waals surface area contributed by atoms with Crippen molar-refractivity contribution >= 4 is 29.1 Å². The van der Waals surface area contributed by atoms with E-state index in [0.717, 1.165) is 6.26 Å². The molecule has 1 unspecified atom stereocenters. The lowest BCUT2D eigenvalue weighted by molar-refractivity contribution is -0.0581. The summed E-state index contributed by atoms with van der Waals surface area (Å²) >= 11 is 0. The number of rotatable bonds is 7. The first kappa shape index (κ1) is 16.5. The van der Waals surface area contributed by atoms with Gasteiger partial charge in [0.25, 0.3) is 0 Å². The van der Waals surface area contributed by atoms with Crippen molar-refractivity contribution in [3.8, 4) is 0 Å². The number of imidazole rings is 1. The third kappa shape index (κ3) is 4.05. The largest absolute Gasteiger partial charge is 0.513 e. The molecule has 0 aromatic carbocycles. The molecule has 0 aliphatic carbocycles. The van der Waals surface area contributed by atoms with Crippen molar-refractivity contribution in [2.45, 2.75) is 12.8 Å². The number of nitrogen functional groups attached to an aromatic ring is 2. The Morgan fingerprint density at radius 3 is 2.96 bits per heavy atom. The number of nitrogens with zero attached hydrogens (tertiary/aromatic N) is 4. The monoisotopic (exact) mass is 324 g/mol. The van der Waals surface area contributed by atoms with Crippen molar-refractivity contribution in [1.29, 1.82) is 0 Å². The number of fused-ring (bicyclic) bond motifs is 1. The summed E-state index contributed by atoms with van der Waals surface area (Å²) in [4.78, 5) is 22.9. The fourth-order valence-electron chi connectivity index (χ4n) is 1.68. The van der Waals surface area contributed by atoms with E-state index in [2.05, 4.69) is 26.3 Å². The zero-order valence-corrected chi connectivity index (χ0v) is 12.1. The Hall–Kier alpha value is -2.92. The van der Waals surface area contributed by atoms with Gasteiger partial charge in [0.2, 0.25) is 5.95 Å². The van der Waals surface area contributed by atoms with Gasteiger partial charge in [0.05, 0.1) is 19.2 Å². The summed E-state index contributed by atoms with van der Waals surface area (Å²) in [7, 11) is 0. The Bertz CT molecular complexity index is 703. The van der Waals surface area contributed by atoms with E-state index in [9.17, 15) is 9.90 Å². The van der Waals surface area contributed by atoms with E-state index in [-0.39, 0.29) is 31.7 Å². The molecule has 2 aromatic heterocycles. The maximum Gasteiger partial charge on any atom is 0.513 e. The average Bonchev–Trinajstić information content (AvgIpc) is 2.91. The molecular weight excluding hydrogens is 308 g/mol. The van der Waals surface area contributed by atoms with Gasteiger partial charge >= 0.3 is 6.16 Å². The average molecular weight is 324 g/mol. The third-order valence-electron chi connectivity index (χ3n) is 2.73. The van der Waals surface area contributed by atoms with Crippen LogP contribution in [0.5, 0.6) is 0 Å². The summed E-state index contributed by atoms with van der Waals surface area (Å²) < 4.78 is 16.0. The van der Waals surface area contributed by atoms with E-state index < -0.39 is 12.3 Å². The maximum atomic E-state index is 11.0. The van der Waals surface area contributed by atoms with Crippen LogP contribution in [0.25, 0.3) is 11.2 Å². The smallest absolute Gasteiger partial charge is 0.431 e. The highest BCUT2D eigenvalue weighted by atomic mass is 16.7. The molecule has 0 spiro atoms. The van der Waals surface area contributed by atoms with Gasteiger partial charge in [0.1, 0.15) is 25.0 Å². The second-order valence-electron chi connectivity index (χ2n) is 4.30. The van der Waals surface area contributed by atoms with Crippen molar-refractivity contribution in [1.82, 2.24) is 19.5 Å². The number of aromatic nitrogens is 4. The topological polar surface area (TPSA) is 161 Å². The number of hydrogen-bond acceptors (Lipinski definition) is 10. The van der Waals surface area contributed by atoms with E-state index >= 15 is 0 Å². The highest BCUT2D eigenvalue weighted by Crippen LogP contribution is 2.17. The summed E-state index contributed by atoms with van der Waals surface area (Å²) in [5.74, 6) is 0.159. The number of nitrogens with two attached hydrogens (primary N) is 2. The molecule has 0 bridgehead atoms. The number of carbonyl (C=O) groups excluding carboxylic acids is 1. The second kappa shape index (κ2) is 7.38. The van der Waals surface area contributed by atoms with E-state index in [4.69, 9.17) is 20.9 Å². The molecular formula is C12H16N6O5. The fraction of sp³-hybridized carbons (Fsp3) is 0.333. The van der Waals surface area contributed by atoms with Gasteiger partial charge < -0.3 is 30.8 Å². The molecule has 0 fully saturated rings. The van der Waals surface area contributed by atoms with E-state index in [1.807, 2.05) is 0 Å². The van der Waals surface area contributed by atoms with Crippen LogP contribution in [-0.2, 0) is 20.9 Å². The van der Waals surface area contributed by atoms with Gasteiger partial charge in [0, 0.05) is 0 Å². The van der Waals surface area contributed by atoms with Crippen LogP contribution in [0.4, 0.5) is 16.6 Å². The normalized spacial score (nSPS) is 12.0. The molecule has 0 radical (unpaired) electrons. The predicted molar refractivity (Wildman–Crippen MR) is 78.7 cm³/mol. The highest BCUT2D eigenvalue weighted by Gasteiger charge is 2.14. The molecule has 2 heterocycles. The molecule has 0 aliphatic heterocycles. The van der Waals surface area contributed by atoms with Crippen LogP contribution in [-0.4, -0.2) is 50.1 Å². The van der Waals surface area contributed by atoms with Crippen LogP contribution in [0.15, 0.2) is 19.2 Å². The minimum atomic E-state index is -0.941. The van der Waals surface area contributed by atoms with Crippen molar-refractivity contribution in [3.63, 3.8) is 0 Å². The lowest BCUT2D eigenvalue weighted by atomic mass is 10.4. The van der Waals surface area contributed by atoms with Crippen molar-refractivity contribution in [2.24, 2.45) is 0 Å². The van der Waals surface area contributed by atoms with Crippen LogP contribution in [0.2, 0.25) is 0 Å². The quantitative estimate of drug-likeness (QED) is 0.452. The Kier molecular flexibility index (Phi) is 5.28. The molecule has 5 N–H and O–H groups in total. The number of aliphatic hydroxyl groups is 1. The minimum Gasteiger partial charge on any atom is -0.431 e. The third-order valence-corrected chi connectivity index (χ3v) is 2.73. The SMILES string of the molecule is C=COC(=O)OCC(CO)OCn1cnc2c(N)nc(N)nc21.